The maximum absolute atomic E-state index is 13.0. The molecule has 42 heavy (non-hydrogen) atoms. The standard InChI is InChI=1S/C18H23N4O17P3/c1-9-7-21(18(25)20-16(9)23)15-5-13(37-17(24)12-3-2-11(22(26)27)4-10(12)6-19)14(36-15)8-35-41(31,32)39-42(33,34)38-40(28,29)30/h2-4,7,13-15H,5-6,8,19H2,1H3,(H,31,32)(H,33,34)(H,20,23,25)(H2,28,29,30)/t13-,14?,15-/m1/s1. The number of aromatic amines is 1. The number of carbonyl (C=O) groups excluding carboxylic acids is 1. The molecule has 0 spiro atoms. The molecule has 2 heterocycles. The Labute approximate surface area is 233 Å². The summed E-state index contributed by atoms with van der Waals surface area (Å²) in [6.45, 7) is 0.0215. The van der Waals surface area contributed by atoms with Gasteiger partial charge < -0.3 is 34.8 Å². The van der Waals surface area contributed by atoms with E-state index in [9.17, 15) is 48.0 Å². The molecule has 7 N–H and O–H groups in total. The predicted molar refractivity (Wildman–Crippen MR) is 135 cm³/mol. The first-order valence-electron chi connectivity index (χ1n) is 11.2. The van der Waals surface area contributed by atoms with Crippen molar-refractivity contribution in [3.8, 4) is 0 Å². The third-order valence-corrected chi connectivity index (χ3v) is 9.25. The molecule has 0 radical (unpaired) electrons. The van der Waals surface area contributed by atoms with Crippen LogP contribution < -0.4 is 17.0 Å². The fraction of sp³-hybridized carbons (Fsp3) is 0.389. The number of aromatic nitrogens is 2. The van der Waals surface area contributed by atoms with E-state index in [1.54, 1.807) is 0 Å². The highest BCUT2D eigenvalue weighted by molar-refractivity contribution is 7.66. The minimum absolute atomic E-state index is 0.0296. The van der Waals surface area contributed by atoms with Crippen molar-refractivity contribution in [1.82, 2.24) is 9.55 Å². The van der Waals surface area contributed by atoms with Crippen LogP contribution in [-0.4, -0.2) is 58.8 Å². The molecule has 0 aliphatic carbocycles. The van der Waals surface area contributed by atoms with Gasteiger partial charge in [0.05, 0.1) is 17.1 Å². The van der Waals surface area contributed by atoms with Crippen LogP contribution in [0.3, 0.4) is 0 Å². The molecule has 1 aromatic heterocycles. The second-order valence-corrected chi connectivity index (χ2v) is 12.9. The molecule has 1 aromatic carbocycles. The molecule has 0 amide bonds. The number of esters is 1. The highest BCUT2D eigenvalue weighted by Gasteiger charge is 2.44. The third-order valence-electron chi connectivity index (χ3n) is 5.45. The van der Waals surface area contributed by atoms with Crippen molar-refractivity contribution in [2.45, 2.75) is 38.3 Å². The molecule has 0 saturated carbocycles. The number of phosphoric ester groups is 1. The Hall–Kier alpha value is -2.90. The maximum atomic E-state index is 13.0. The van der Waals surface area contributed by atoms with Gasteiger partial charge in [-0.05, 0) is 18.6 Å². The van der Waals surface area contributed by atoms with Gasteiger partial charge >= 0.3 is 35.1 Å². The van der Waals surface area contributed by atoms with Crippen LogP contribution in [0.1, 0.15) is 34.1 Å². The number of nitro benzene ring substituents is 1. The monoisotopic (exact) mass is 660 g/mol. The van der Waals surface area contributed by atoms with Crippen LogP contribution in [0.15, 0.2) is 34.0 Å². The summed E-state index contributed by atoms with van der Waals surface area (Å²) in [6.07, 6.45) is -3.38. The molecule has 24 heteroatoms. The van der Waals surface area contributed by atoms with Gasteiger partial charge in [0.2, 0.25) is 0 Å². The lowest BCUT2D eigenvalue weighted by molar-refractivity contribution is -0.384. The number of rotatable bonds is 12. The Kier molecular flexibility index (Phi) is 10.2. The van der Waals surface area contributed by atoms with Gasteiger partial charge in [-0.25, -0.2) is 23.3 Å². The summed E-state index contributed by atoms with van der Waals surface area (Å²) < 4.78 is 58.5. The van der Waals surface area contributed by atoms with E-state index in [4.69, 9.17) is 25.0 Å². The summed E-state index contributed by atoms with van der Waals surface area (Å²) in [6, 6.07) is 3.13. The second-order valence-electron chi connectivity index (χ2n) is 8.48. The lowest BCUT2D eigenvalue weighted by Gasteiger charge is -2.21. The van der Waals surface area contributed by atoms with Crippen molar-refractivity contribution in [2.75, 3.05) is 6.61 Å². The average Bonchev–Trinajstić information content (AvgIpc) is 3.24. The van der Waals surface area contributed by atoms with E-state index >= 15 is 0 Å². The molecule has 5 atom stereocenters. The van der Waals surface area contributed by atoms with E-state index in [2.05, 4.69) is 13.1 Å². The molecule has 1 aliphatic heterocycles. The van der Waals surface area contributed by atoms with E-state index in [-0.39, 0.29) is 35.3 Å². The first-order chi connectivity index (χ1) is 19.3. The van der Waals surface area contributed by atoms with Gasteiger partial charge in [0.25, 0.3) is 11.2 Å². The average molecular weight is 660 g/mol. The largest absolute Gasteiger partial charge is 0.490 e. The number of non-ortho nitro benzene ring substituents is 1. The molecule has 1 fully saturated rings. The van der Waals surface area contributed by atoms with Gasteiger partial charge in [-0.2, -0.15) is 8.62 Å². The van der Waals surface area contributed by atoms with Crippen molar-refractivity contribution < 1.29 is 65.6 Å². The Bertz CT molecular complexity index is 1630. The van der Waals surface area contributed by atoms with Gasteiger partial charge in [0.1, 0.15) is 18.4 Å². The fourth-order valence-electron chi connectivity index (χ4n) is 3.68. The number of H-pyrrole nitrogens is 1. The lowest BCUT2D eigenvalue weighted by Crippen LogP contribution is -2.33. The van der Waals surface area contributed by atoms with Crippen LogP contribution in [0.2, 0.25) is 0 Å². The van der Waals surface area contributed by atoms with E-state index in [0.29, 0.717) is 0 Å². The number of nitrogens with one attached hydrogen (secondary N) is 1. The number of phosphoric acid groups is 3. The molecule has 21 nitrogen and oxygen atoms in total. The second kappa shape index (κ2) is 12.8. The van der Waals surface area contributed by atoms with E-state index in [0.717, 1.165) is 29.0 Å². The fourth-order valence-corrected chi connectivity index (χ4v) is 6.71. The third kappa shape index (κ3) is 8.81. The summed E-state index contributed by atoms with van der Waals surface area (Å²) in [5.74, 6) is -1.08. The van der Waals surface area contributed by atoms with Crippen LogP contribution in [0.5, 0.6) is 0 Å². The number of hydrogen-bond acceptors (Lipinski definition) is 14. The van der Waals surface area contributed by atoms with Crippen molar-refractivity contribution in [3.63, 3.8) is 0 Å². The quantitative estimate of drug-likeness (QED) is 0.0759. The van der Waals surface area contributed by atoms with Crippen molar-refractivity contribution in [1.29, 1.82) is 0 Å². The summed E-state index contributed by atoms with van der Waals surface area (Å²) in [4.78, 5) is 85.9. The zero-order chi connectivity index (χ0) is 31.6. The Balaban J connectivity index is 1.87. The SMILES string of the molecule is Cc1cn([C@H]2C[C@@H](OC(=O)c3ccc([N+](=O)[O-])cc3CN)C(COP(=O)(O)OP(=O)(O)OP(=O)(O)O)O2)c(=O)[nH]c1=O. The summed E-state index contributed by atoms with van der Waals surface area (Å²) >= 11 is 0. The lowest BCUT2D eigenvalue weighted by atomic mass is 10.1. The Morgan fingerprint density at radius 3 is 2.45 bits per heavy atom. The zero-order valence-corrected chi connectivity index (χ0v) is 23.8. The van der Waals surface area contributed by atoms with Gasteiger partial charge in [-0.15, -0.1) is 0 Å². The Morgan fingerprint density at radius 1 is 1.19 bits per heavy atom. The minimum atomic E-state index is -5.84. The van der Waals surface area contributed by atoms with Crippen molar-refractivity contribution in [2.24, 2.45) is 5.73 Å². The molecular weight excluding hydrogens is 637 g/mol. The molecule has 0 bridgehead atoms. The van der Waals surface area contributed by atoms with Crippen molar-refractivity contribution >= 4 is 35.1 Å². The Morgan fingerprint density at radius 2 is 1.86 bits per heavy atom. The predicted octanol–water partition coefficient (Wildman–Crippen LogP) is 0.0683. The number of aryl methyl sites for hydroxylation is 1. The molecule has 1 aliphatic rings. The summed E-state index contributed by atoms with van der Waals surface area (Å²) in [5.41, 5.74) is 3.53. The number of nitrogens with two attached hydrogens (primary N) is 1. The van der Waals surface area contributed by atoms with Crippen LogP contribution in [0.25, 0.3) is 0 Å². The number of carbonyl (C=O) groups is 1. The normalized spacial score (nSPS) is 21.8. The molecular formula is C18H23N4O17P3. The molecule has 232 valence electrons. The van der Waals surface area contributed by atoms with Crippen molar-refractivity contribution in [3.05, 3.63) is 72.0 Å². The number of nitro groups is 1. The van der Waals surface area contributed by atoms with E-state index in [1.165, 1.54) is 6.92 Å². The molecule has 3 rings (SSSR count). The van der Waals surface area contributed by atoms with E-state index < -0.39 is 70.7 Å². The highest BCUT2D eigenvalue weighted by Crippen LogP contribution is 2.66. The summed E-state index contributed by atoms with van der Waals surface area (Å²) in [5, 5.41) is 11.1. The van der Waals surface area contributed by atoms with Crippen LogP contribution in [-0.2, 0) is 42.9 Å². The smallest absolute Gasteiger partial charge is 0.456 e. The topological polar surface area (TPSA) is 319 Å². The zero-order valence-electron chi connectivity index (χ0n) is 21.1. The number of hydrogen-bond donors (Lipinski definition) is 6. The number of benzene rings is 1. The number of ether oxygens (including phenoxy) is 2. The van der Waals surface area contributed by atoms with Gasteiger partial charge in [-0.3, -0.25) is 29.0 Å². The first kappa shape index (κ1) is 33.6. The van der Waals surface area contributed by atoms with Gasteiger partial charge in [0.15, 0.2) is 0 Å². The van der Waals surface area contributed by atoms with Crippen LogP contribution in [0.4, 0.5) is 5.69 Å². The van der Waals surface area contributed by atoms with Crippen LogP contribution in [0, 0.1) is 17.0 Å². The van der Waals surface area contributed by atoms with Gasteiger partial charge in [0, 0.05) is 36.9 Å². The molecule has 1 saturated heterocycles. The first-order valence-corrected chi connectivity index (χ1v) is 15.8. The van der Waals surface area contributed by atoms with E-state index in [1.807, 2.05) is 4.98 Å². The summed E-state index contributed by atoms with van der Waals surface area (Å²) in [7, 11) is -17.1. The highest BCUT2D eigenvalue weighted by atomic mass is 31.3. The minimum Gasteiger partial charge on any atom is -0.456 e. The molecule has 3 unspecified atom stereocenters. The number of nitrogens with zero attached hydrogens (tertiary/aromatic N) is 2. The van der Waals surface area contributed by atoms with Gasteiger partial charge in [-0.1, -0.05) is 0 Å². The maximum Gasteiger partial charge on any atom is 0.490 e. The van der Waals surface area contributed by atoms with Crippen LogP contribution >= 0.6 is 23.5 Å². The molecule has 2 aromatic rings.